The van der Waals surface area contributed by atoms with Crippen molar-refractivity contribution in [1.82, 2.24) is 0 Å². The summed E-state index contributed by atoms with van der Waals surface area (Å²) in [4.78, 5) is 10.5. The van der Waals surface area contributed by atoms with Gasteiger partial charge in [0.2, 0.25) is 0 Å². The van der Waals surface area contributed by atoms with Gasteiger partial charge in [0.15, 0.2) is 0 Å². The Labute approximate surface area is 125 Å². The van der Waals surface area contributed by atoms with Gasteiger partial charge in [-0.05, 0) is 38.5 Å². The molecule has 0 amide bonds. The molecule has 112 valence electrons. The van der Waals surface area contributed by atoms with Crippen molar-refractivity contribution in [2.45, 2.75) is 71.1 Å². The molecular weight excluding hydrogens is 244 g/mol. The number of unbranched alkanes of at least 4 members (excludes halogenated alkanes) is 5. The summed E-state index contributed by atoms with van der Waals surface area (Å²) in [6.07, 6.45) is 24.1. The first-order valence-electron chi connectivity index (χ1n) is 8.00. The molecule has 0 heterocycles. The molecule has 0 unspecified atom stereocenters. The van der Waals surface area contributed by atoms with Crippen molar-refractivity contribution in [3.8, 4) is 0 Å². The van der Waals surface area contributed by atoms with E-state index < -0.39 is 0 Å². The van der Waals surface area contributed by atoms with Crippen molar-refractivity contribution in [2.24, 2.45) is 0 Å². The largest absolute Gasteiger partial charge is 0.299 e. The Morgan fingerprint density at radius 2 is 1.35 bits per heavy atom. The van der Waals surface area contributed by atoms with Crippen molar-refractivity contribution < 1.29 is 4.79 Å². The van der Waals surface area contributed by atoms with Crippen LogP contribution >= 0.6 is 0 Å². The summed E-state index contributed by atoms with van der Waals surface area (Å²) >= 11 is 0. The lowest BCUT2D eigenvalue weighted by Gasteiger charge is -1.98. The standard InChI is InChI=1S/C19H30O/c1-3-4-5-6-7-8-9-10-11-12-13-14-15-16-17-18-19(2)20/h2,4-5,7-8,10-11H,3,6,9,12-18H2,1H3/b5-4-,8-7-,11-10-. The van der Waals surface area contributed by atoms with E-state index in [2.05, 4.69) is 43.4 Å². The Morgan fingerprint density at radius 3 is 2.00 bits per heavy atom. The SMILES string of the molecule is [CH]C(=O)CCCCCCC/C=C\C/C=C\C/C=C\CC. The molecule has 2 radical (unpaired) electrons. The average Bonchev–Trinajstić information content (AvgIpc) is 2.43. The van der Waals surface area contributed by atoms with Gasteiger partial charge in [0, 0.05) is 13.3 Å². The van der Waals surface area contributed by atoms with Gasteiger partial charge in [-0.15, -0.1) is 0 Å². The molecule has 1 heteroatoms. The summed E-state index contributed by atoms with van der Waals surface area (Å²) in [5, 5.41) is 0. The maximum atomic E-state index is 10.5. The smallest absolute Gasteiger partial charge is 0.137 e. The van der Waals surface area contributed by atoms with Crippen LogP contribution in [0.5, 0.6) is 0 Å². The van der Waals surface area contributed by atoms with Crippen molar-refractivity contribution in [1.29, 1.82) is 0 Å². The van der Waals surface area contributed by atoms with E-state index >= 15 is 0 Å². The molecule has 0 aromatic heterocycles. The Kier molecular flexibility index (Phi) is 15.1. The molecular formula is C19H30O. The van der Waals surface area contributed by atoms with Gasteiger partial charge in [-0.1, -0.05) is 62.6 Å². The number of carbonyl (C=O) groups excluding carboxylic acids is 1. The average molecular weight is 274 g/mol. The highest BCUT2D eigenvalue weighted by molar-refractivity contribution is 5.82. The van der Waals surface area contributed by atoms with Gasteiger partial charge in [0.25, 0.3) is 0 Å². The number of Topliss-reactive ketones (excluding diaryl/α,β-unsaturated/α-hetero) is 1. The molecule has 20 heavy (non-hydrogen) atoms. The predicted octanol–water partition coefficient (Wildman–Crippen LogP) is 5.86. The Balaban J connectivity index is 3.23. The predicted molar refractivity (Wildman–Crippen MR) is 88.6 cm³/mol. The molecule has 0 rings (SSSR count). The third-order valence-electron chi connectivity index (χ3n) is 3.07. The molecule has 0 aliphatic carbocycles. The maximum Gasteiger partial charge on any atom is 0.137 e. The highest BCUT2D eigenvalue weighted by Crippen LogP contribution is 2.08. The second-order valence-corrected chi connectivity index (χ2v) is 5.07. The van der Waals surface area contributed by atoms with Crippen molar-refractivity contribution >= 4 is 5.78 Å². The van der Waals surface area contributed by atoms with Crippen LogP contribution in [0, 0.1) is 6.92 Å². The normalized spacial score (nSPS) is 12.1. The molecule has 0 aliphatic rings. The zero-order chi connectivity index (χ0) is 14.9. The van der Waals surface area contributed by atoms with Crippen molar-refractivity contribution in [2.75, 3.05) is 0 Å². The third-order valence-corrected chi connectivity index (χ3v) is 3.07. The van der Waals surface area contributed by atoms with Gasteiger partial charge in [-0.3, -0.25) is 4.79 Å². The molecule has 0 atom stereocenters. The first-order valence-corrected chi connectivity index (χ1v) is 8.00. The molecule has 1 nitrogen and oxygen atoms in total. The summed E-state index contributed by atoms with van der Waals surface area (Å²) in [6, 6.07) is 0. The molecule has 0 aromatic rings. The second-order valence-electron chi connectivity index (χ2n) is 5.07. The Hall–Kier alpha value is -1.11. The molecule has 0 N–H and O–H groups in total. The summed E-state index contributed by atoms with van der Waals surface area (Å²) in [7, 11) is 0. The van der Waals surface area contributed by atoms with Gasteiger partial charge < -0.3 is 0 Å². The summed E-state index contributed by atoms with van der Waals surface area (Å²) in [5.41, 5.74) is 0. The molecule has 0 bridgehead atoms. The summed E-state index contributed by atoms with van der Waals surface area (Å²) in [6.45, 7) is 7.24. The highest BCUT2D eigenvalue weighted by Gasteiger charge is 1.93. The fraction of sp³-hybridized carbons (Fsp3) is 0.579. The van der Waals surface area contributed by atoms with Crippen LogP contribution in [0.4, 0.5) is 0 Å². The molecule has 0 aromatic carbocycles. The topological polar surface area (TPSA) is 17.1 Å². The number of rotatable bonds is 13. The Bertz CT molecular complexity index is 297. The van der Waals surface area contributed by atoms with Gasteiger partial charge >= 0.3 is 0 Å². The minimum Gasteiger partial charge on any atom is -0.299 e. The minimum absolute atomic E-state index is 0.175. The van der Waals surface area contributed by atoms with Crippen molar-refractivity contribution in [3.63, 3.8) is 0 Å². The molecule has 0 spiro atoms. The van der Waals surface area contributed by atoms with Crippen LogP contribution in [0.1, 0.15) is 71.1 Å². The van der Waals surface area contributed by atoms with E-state index in [1.165, 1.54) is 25.7 Å². The van der Waals surface area contributed by atoms with Crippen LogP contribution in [0.25, 0.3) is 0 Å². The number of hydrogen-bond donors (Lipinski definition) is 0. The Morgan fingerprint density at radius 1 is 0.800 bits per heavy atom. The van der Waals surface area contributed by atoms with Gasteiger partial charge in [-0.2, -0.15) is 0 Å². The third kappa shape index (κ3) is 16.9. The molecule has 0 saturated carbocycles. The van der Waals surface area contributed by atoms with E-state index in [9.17, 15) is 4.79 Å². The number of hydrogen-bond acceptors (Lipinski definition) is 1. The second kappa shape index (κ2) is 15.9. The van der Waals surface area contributed by atoms with Crippen LogP contribution in [0.15, 0.2) is 36.5 Å². The molecule has 0 aliphatic heterocycles. The first-order chi connectivity index (χ1) is 9.77. The van der Waals surface area contributed by atoms with E-state index in [0.29, 0.717) is 6.42 Å². The zero-order valence-corrected chi connectivity index (χ0v) is 13.0. The van der Waals surface area contributed by atoms with Crippen LogP contribution in [0.3, 0.4) is 0 Å². The van der Waals surface area contributed by atoms with Gasteiger partial charge in [-0.25, -0.2) is 0 Å². The summed E-state index contributed by atoms with van der Waals surface area (Å²) < 4.78 is 0. The van der Waals surface area contributed by atoms with Crippen LogP contribution < -0.4 is 0 Å². The van der Waals surface area contributed by atoms with E-state index in [0.717, 1.165) is 32.1 Å². The van der Waals surface area contributed by atoms with E-state index in [1.807, 2.05) is 0 Å². The van der Waals surface area contributed by atoms with Crippen LogP contribution in [-0.2, 0) is 4.79 Å². The lowest BCUT2D eigenvalue weighted by Crippen LogP contribution is -1.89. The lowest BCUT2D eigenvalue weighted by molar-refractivity contribution is -0.114. The van der Waals surface area contributed by atoms with E-state index in [1.54, 1.807) is 0 Å². The van der Waals surface area contributed by atoms with Crippen LogP contribution in [0.2, 0.25) is 0 Å². The number of ketones is 1. The van der Waals surface area contributed by atoms with Gasteiger partial charge in [0.1, 0.15) is 5.78 Å². The van der Waals surface area contributed by atoms with Crippen molar-refractivity contribution in [3.05, 3.63) is 43.4 Å². The van der Waals surface area contributed by atoms with E-state index in [4.69, 9.17) is 6.92 Å². The molecule has 0 saturated heterocycles. The highest BCUT2D eigenvalue weighted by atomic mass is 16.1. The lowest BCUT2D eigenvalue weighted by atomic mass is 10.1. The van der Waals surface area contributed by atoms with Crippen LogP contribution in [-0.4, -0.2) is 5.78 Å². The minimum atomic E-state index is -0.175. The monoisotopic (exact) mass is 274 g/mol. The zero-order valence-electron chi connectivity index (χ0n) is 13.0. The number of carbonyl (C=O) groups is 1. The number of allylic oxidation sites excluding steroid dienone is 6. The molecule has 0 fully saturated rings. The van der Waals surface area contributed by atoms with E-state index in [-0.39, 0.29) is 5.78 Å². The first kappa shape index (κ1) is 18.9. The summed E-state index contributed by atoms with van der Waals surface area (Å²) in [5.74, 6) is -0.175. The fourth-order valence-corrected chi connectivity index (χ4v) is 1.92. The maximum absolute atomic E-state index is 10.5. The fourth-order valence-electron chi connectivity index (χ4n) is 1.92. The quantitative estimate of drug-likeness (QED) is 0.304. The van der Waals surface area contributed by atoms with Gasteiger partial charge in [0.05, 0.1) is 0 Å².